The first-order chi connectivity index (χ1) is 51.4. The summed E-state index contributed by atoms with van der Waals surface area (Å²) < 4.78 is 69.6. The molecule has 7 aromatic carbocycles. The molecular weight excluding hydrogens is 1570 g/mol. The van der Waals surface area contributed by atoms with Gasteiger partial charge in [-0.05, 0) is 140 Å². The fraction of sp³-hybridized carbons (Fsp3) is 0.359. The Bertz CT molecular complexity index is 4550. The number of amides is 2. The molecule has 0 radical (unpaired) electrons. The average molecular weight is 1660 g/mol. The molecule has 0 aliphatic carbocycles. The number of carbonyl (C=O) groups excluding carboxylic acids is 2. The van der Waals surface area contributed by atoms with Gasteiger partial charge in [0.2, 0.25) is 11.8 Å². The smallest absolute Gasteiger partial charge is 0.277 e. The van der Waals surface area contributed by atoms with Crippen molar-refractivity contribution in [1.29, 1.82) is 0 Å². The summed E-state index contributed by atoms with van der Waals surface area (Å²) in [5, 5.41) is 18.3. The van der Waals surface area contributed by atoms with Crippen molar-refractivity contribution >= 4 is 170 Å². The highest BCUT2D eigenvalue weighted by Crippen LogP contribution is 2.43. The fourth-order valence-electron chi connectivity index (χ4n) is 12.6. The third-order valence-corrected chi connectivity index (χ3v) is 23.2. The lowest BCUT2D eigenvalue weighted by atomic mass is 9.86. The third-order valence-electron chi connectivity index (χ3n) is 18.2. The first-order valence-corrected chi connectivity index (χ1v) is 42.0. The highest BCUT2D eigenvalue weighted by atomic mass is 35.5. The number of anilines is 8. The van der Waals surface area contributed by atoms with E-state index in [0.29, 0.717) is 30.0 Å². The Balaban J connectivity index is 1.02. The zero-order valence-electron chi connectivity index (χ0n) is 59.7. The number of hydrogen-bond acceptors (Lipinski definition) is 11. The van der Waals surface area contributed by atoms with Crippen LogP contribution in [0.5, 0.6) is 5.75 Å². The maximum absolute atomic E-state index is 16.0. The number of hydrogen-bond donors (Lipinski definition) is 8. The minimum absolute atomic E-state index is 0.0153. The van der Waals surface area contributed by atoms with Crippen LogP contribution in [0.15, 0.2) is 153 Å². The second kappa shape index (κ2) is 40.4. The van der Waals surface area contributed by atoms with Gasteiger partial charge < -0.3 is 26.0 Å². The number of benzene rings is 7. The number of aromatic amines is 2. The molecule has 8 N–H and O–H groups in total. The van der Waals surface area contributed by atoms with Gasteiger partial charge in [0.1, 0.15) is 28.8 Å². The van der Waals surface area contributed by atoms with E-state index >= 15 is 9.59 Å². The lowest BCUT2D eigenvalue weighted by Crippen LogP contribution is -2.26. The largest absolute Gasteiger partial charge is 0.497 e. The van der Waals surface area contributed by atoms with E-state index in [1.54, 1.807) is 24.3 Å². The summed E-state index contributed by atoms with van der Waals surface area (Å²) in [6.45, 7) is 4.43. The Morgan fingerprint density at radius 2 is 0.729 bits per heavy atom. The third kappa shape index (κ3) is 23.4. The number of H-pyrrole nitrogens is 2. The highest BCUT2D eigenvalue weighted by Gasteiger charge is 2.36. The Kier molecular flexibility index (Phi) is 31.6. The quantitative estimate of drug-likeness (QED) is 0.0167. The summed E-state index contributed by atoms with van der Waals surface area (Å²) >= 11 is 54.5. The van der Waals surface area contributed by atoms with Crippen molar-refractivity contribution in [3.8, 4) is 17.1 Å². The Morgan fingerprint density at radius 1 is 0.411 bits per heavy atom. The van der Waals surface area contributed by atoms with Crippen molar-refractivity contribution < 1.29 is 31.2 Å². The minimum atomic E-state index is -4.32. The average Bonchev–Trinajstić information content (AvgIpc) is 1.59. The summed E-state index contributed by atoms with van der Waals surface area (Å²) in [5.41, 5.74) is -1.08. The molecule has 572 valence electrons. The summed E-state index contributed by atoms with van der Waals surface area (Å²) in [7, 11) is -7.19. The van der Waals surface area contributed by atoms with Crippen molar-refractivity contribution in [3.63, 3.8) is 0 Å². The number of methoxy groups -OCH3 is 1. The standard InChI is InChI=1S/C78H88Cl8N10O9S2/c1-4-6-8-10-12-14-16-18-20-22-24-26-68(97)87-53-30-38-58(39-31-53)106(101,102)93-55-34-42-60(81)66(48-55)89-75-71(77(99)95(91-75)73-62(83)44-51(79)45-63(73)84)70(50-28-36-57(105-3)37-29-50)72-76(92-96(78(72)100)74-64(85)46-52(80)47-65(74)86)90-67-49-56(35-43-61(67)82)94-107(103,104)59-40-32-54(33-41-59)88-69(98)27-25-23-21-19-17-15-13-11-9-7-5-2/h28-49,70,89-94H,4-27H2,1-3H3,(H,87,97)(H,88,98). The van der Waals surface area contributed by atoms with Crippen LogP contribution in [0.3, 0.4) is 0 Å². The number of nitrogens with zero attached hydrogens (tertiary/aromatic N) is 2. The Labute approximate surface area is 665 Å². The molecule has 9 rings (SSSR count). The van der Waals surface area contributed by atoms with Gasteiger partial charge in [-0.2, -0.15) is 0 Å². The predicted octanol–water partition coefficient (Wildman–Crippen LogP) is 23.4. The zero-order valence-corrected chi connectivity index (χ0v) is 67.3. The molecule has 107 heavy (non-hydrogen) atoms. The van der Waals surface area contributed by atoms with Crippen molar-refractivity contribution in [1.82, 2.24) is 19.6 Å². The molecule has 0 saturated carbocycles. The van der Waals surface area contributed by atoms with Gasteiger partial charge in [0, 0.05) is 34.3 Å². The number of halogens is 8. The number of ether oxygens (including phenoxy) is 1. The molecule has 2 amide bonds. The lowest BCUT2D eigenvalue weighted by molar-refractivity contribution is -0.117. The van der Waals surface area contributed by atoms with Gasteiger partial charge in [-0.1, -0.05) is 247 Å². The van der Waals surface area contributed by atoms with E-state index in [9.17, 15) is 26.4 Å². The molecule has 29 heteroatoms. The van der Waals surface area contributed by atoms with Gasteiger partial charge >= 0.3 is 0 Å². The molecule has 0 bridgehead atoms. The van der Waals surface area contributed by atoms with Crippen LogP contribution < -0.4 is 46.6 Å². The molecular formula is C78H88Cl8N10O9S2. The van der Waals surface area contributed by atoms with Crippen LogP contribution in [-0.4, -0.2) is 55.3 Å². The van der Waals surface area contributed by atoms with E-state index < -0.39 is 37.1 Å². The van der Waals surface area contributed by atoms with Crippen LogP contribution in [0, 0.1) is 0 Å². The predicted molar refractivity (Wildman–Crippen MR) is 440 cm³/mol. The van der Waals surface area contributed by atoms with Crippen LogP contribution in [0.1, 0.15) is 191 Å². The first kappa shape index (κ1) is 83.8. The molecule has 0 fully saturated rings. The van der Waals surface area contributed by atoms with Crippen LogP contribution in [0.25, 0.3) is 11.4 Å². The Hall–Kier alpha value is -7.28. The highest BCUT2D eigenvalue weighted by molar-refractivity contribution is 7.93. The second-order valence-corrected chi connectivity index (χ2v) is 33.0. The van der Waals surface area contributed by atoms with Crippen molar-refractivity contribution in [2.45, 2.75) is 184 Å². The molecule has 19 nitrogen and oxygen atoms in total. The van der Waals surface area contributed by atoms with Crippen LogP contribution >= 0.6 is 92.8 Å². The van der Waals surface area contributed by atoms with Crippen LogP contribution in [0.2, 0.25) is 40.2 Å². The number of rotatable bonds is 42. The monoisotopic (exact) mass is 1650 g/mol. The van der Waals surface area contributed by atoms with Gasteiger partial charge in [-0.15, -0.1) is 0 Å². The van der Waals surface area contributed by atoms with E-state index in [1.165, 1.54) is 206 Å². The summed E-state index contributed by atoms with van der Waals surface area (Å²) in [6, 6.07) is 31.8. The zero-order chi connectivity index (χ0) is 76.8. The lowest BCUT2D eigenvalue weighted by Gasteiger charge is -2.19. The summed E-state index contributed by atoms with van der Waals surface area (Å²) in [5.74, 6) is -1.78. The van der Waals surface area contributed by atoms with E-state index in [4.69, 9.17) is 97.5 Å². The van der Waals surface area contributed by atoms with Gasteiger partial charge in [-0.25, -0.2) is 26.2 Å². The van der Waals surface area contributed by atoms with E-state index in [1.807, 2.05) is 0 Å². The molecule has 0 spiro atoms. The van der Waals surface area contributed by atoms with Crippen molar-refractivity contribution in [3.05, 3.63) is 211 Å². The number of nitrogens with one attached hydrogen (secondary N) is 8. The van der Waals surface area contributed by atoms with Crippen molar-refractivity contribution in [2.24, 2.45) is 0 Å². The van der Waals surface area contributed by atoms with Gasteiger partial charge in [-0.3, -0.25) is 38.8 Å². The first-order valence-electron chi connectivity index (χ1n) is 36.0. The molecule has 0 aliphatic rings. The van der Waals surface area contributed by atoms with Gasteiger partial charge in [0.15, 0.2) is 0 Å². The van der Waals surface area contributed by atoms with E-state index in [2.05, 4.69) is 54.8 Å². The van der Waals surface area contributed by atoms with Crippen LogP contribution in [0.4, 0.5) is 45.8 Å². The maximum Gasteiger partial charge on any atom is 0.277 e. The Morgan fingerprint density at radius 3 is 1.06 bits per heavy atom. The summed E-state index contributed by atoms with van der Waals surface area (Å²) in [6.07, 6.45) is 26.0. The summed E-state index contributed by atoms with van der Waals surface area (Å²) in [4.78, 5) is 57.6. The van der Waals surface area contributed by atoms with Gasteiger partial charge in [0.25, 0.3) is 31.2 Å². The fourth-order valence-corrected chi connectivity index (χ4v) is 17.0. The molecule has 0 unspecified atom stereocenters. The minimum Gasteiger partial charge on any atom is -0.497 e. The van der Waals surface area contributed by atoms with Crippen LogP contribution in [-0.2, 0) is 29.6 Å². The molecule has 0 aliphatic heterocycles. The number of carbonyl (C=O) groups is 2. The normalized spacial score (nSPS) is 11.7. The van der Waals surface area contributed by atoms with Crippen molar-refractivity contribution in [2.75, 3.05) is 37.8 Å². The number of unbranched alkanes of at least 4 members (excludes halogenated alkanes) is 20. The topological polar surface area (TPSA) is 259 Å². The molecule has 0 atom stereocenters. The maximum atomic E-state index is 16.0. The molecule has 9 aromatic rings. The number of sulfonamides is 2. The SMILES string of the molecule is CCCCCCCCCCCCCC(=O)Nc1ccc(S(=O)(=O)Nc2ccc(Cl)c(Nc3[nH]n(-c4c(Cl)cc(Cl)cc4Cl)c(=O)c3C(c3ccc(OC)cc3)c3c(Nc4cc(NS(=O)(=O)c5ccc(NC(=O)CCCCCCCCCCCCC)cc5)ccc4Cl)[nH]n(-c4c(Cl)cc(Cl)cc4Cl)c3=O)c2)cc1. The second-order valence-electron chi connectivity index (χ2n) is 26.3. The molecule has 2 heterocycles. The molecule has 2 aromatic heterocycles. The van der Waals surface area contributed by atoms with E-state index in [0.717, 1.165) is 60.7 Å². The van der Waals surface area contributed by atoms with Gasteiger partial charge in [0.05, 0.1) is 86.8 Å². The number of aromatic nitrogens is 4. The van der Waals surface area contributed by atoms with E-state index in [-0.39, 0.29) is 124 Å². The molecule has 0 saturated heterocycles.